The third-order valence-electron chi connectivity index (χ3n) is 6.51. The number of nitrogens with one attached hydrogen (secondary N) is 1. The van der Waals surface area contributed by atoms with Gasteiger partial charge in [0.05, 0.1) is 16.8 Å². The fourth-order valence-corrected chi connectivity index (χ4v) is 4.37. The summed E-state index contributed by atoms with van der Waals surface area (Å²) in [4.78, 5) is 10.6. The zero-order valence-corrected chi connectivity index (χ0v) is 20.3. The number of hydrogen-bond acceptors (Lipinski definition) is 3. The molecule has 0 radical (unpaired) electrons. The van der Waals surface area contributed by atoms with Crippen molar-refractivity contribution in [2.75, 3.05) is 5.32 Å². The molecular formula is C29H33N2O2+. The Labute approximate surface area is 197 Å². The van der Waals surface area contributed by atoms with E-state index in [2.05, 4.69) is 95.4 Å². The van der Waals surface area contributed by atoms with Gasteiger partial charge in [-0.2, -0.15) is 0 Å². The number of nitro groups is 1. The summed E-state index contributed by atoms with van der Waals surface area (Å²) in [5.41, 5.74) is 6.40. The summed E-state index contributed by atoms with van der Waals surface area (Å²) < 4.78 is 0. The maximum absolute atomic E-state index is 11.0. The van der Waals surface area contributed by atoms with Crippen molar-refractivity contribution >= 4 is 11.4 Å². The molecular weight excluding hydrogens is 408 g/mol. The molecule has 1 saturated carbocycles. The number of anilines is 1. The van der Waals surface area contributed by atoms with Gasteiger partial charge in [-0.05, 0) is 39.7 Å². The minimum Gasteiger partial charge on any atom is -0.366 e. The van der Waals surface area contributed by atoms with E-state index in [9.17, 15) is 10.1 Å². The molecule has 1 fully saturated rings. The third-order valence-corrected chi connectivity index (χ3v) is 6.51. The van der Waals surface area contributed by atoms with Crippen molar-refractivity contribution in [1.82, 2.24) is 0 Å². The molecule has 1 aliphatic carbocycles. The maximum atomic E-state index is 11.0. The lowest BCUT2D eigenvalue weighted by molar-refractivity contribution is -0.384. The molecule has 3 aromatic carbocycles. The lowest BCUT2D eigenvalue weighted by Gasteiger charge is -2.19. The Morgan fingerprint density at radius 1 is 0.758 bits per heavy atom. The van der Waals surface area contributed by atoms with E-state index in [0.29, 0.717) is 0 Å². The zero-order chi connectivity index (χ0) is 24.0. The Balaban J connectivity index is 1.62. The van der Waals surface area contributed by atoms with Gasteiger partial charge in [0.15, 0.2) is 0 Å². The molecule has 33 heavy (non-hydrogen) atoms. The highest BCUT2D eigenvalue weighted by Gasteiger charge is 2.58. The summed E-state index contributed by atoms with van der Waals surface area (Å²) >= 11 is 0. The van der Waals surface area contributed by atoms with Gasteiger partial charge in [-0.3, -0.25) is 10.1 Å². The Kier molecular flexibility index (Phi) is 5.73. The van der Waals surface area contributed by atoms with Crippen molar-refractivity contribution in [1.29, 1.82) is 0 Å². The Morgan fingerprint density at radius 2 is 1.24 bits per heavy atom. The predicted octanol–water partition coefficient (Wildman–Crippen LogP) is 7.39. The fourth-order valence-electron chi connectivity index (χ4n) is 4.37. The van der Waals surface area contributed by atoms with Crippen LogP contribution in [0.2, 0.25) is 0 Å². The molecule has 0 amide bonds. The highest BCUT2D eigenvalue weighted by Crippen LogP contribution is 2.55. The van der Waals surface area contributed by atoms with Crippen molar-refractivity contribution in [3.63, 3.8) is 0 Å². The quantitative estimate of drug-likeness (QED) is 0.255. The van der Waals surface area contributed by atoms with Crippen molar-refractivity contribution in [3.05, 3.63) is 111 Å². The second-order valence-electron chi connectivity index (χ2n) is 11.1. The van der Waals surface area contributed by atoms with E-state index in [1.54, 1.807) is 24.3 Å². The van der Waals surface area contributed by atoms with Crippen LogP contribution in [0.25, 0.3) is 0 Å². The molecule has 1 N–H and O–H groups in total. The average Bonchev–Trinajstić information content (AvgIpc) is 3.46. The first kappa shape index (κ1) is 22.9. The van der Waals surface area contributed by atoms with Crippen LogP contribution < -0.4 is 5.32 Å². The molecule has 4 nitrogen and oxygen atoms in total. The second kappa shape index (κ2) is 8.26. The number of non-ortho nitro benzene ring substituents is 1. The molecule has 170 valence electrons. The highest BCUT2D eigenvalue weighted by atomic mass is 16.6. The van der Waals surface area contributed by atoms with E-state index in [0.717, 1.165) is 5.69 Å². The molecule has 2 atom stereocenters. The van der Waals surface area contributed by atoms with E-state index in [4.69, 9.17) is 0 Å². The molecule has 2 unspecified atom stereocenters. The molecule has 0 aliphatic heterocycles. The minimum atomic E-state index is -0.366. The maximum Gasteiger partial charge on any atom is 0.269 e. The largest absolute Gasteiger partial charge is 0.366 e. The minimum absolute atomic E-state index is 0.104. The summed E-state index contributed by atoms with van der Waals surface area (Å²) in [7, 11) is 0. The zero-order valence-electron chi connectivity index (χ0n) is 20.3. The lowest BCUT2D eigenvalue weighted by atomic mass is 9.86. The molecule has 0 spiro atoms. The molecule has 0 heterocycles. The Morgan fingerprint density at radius 3 is 1.70 bits per heavy atom. The van der Waals surface area contributed by atoms with E-state index in [1.807, 2.05) is 0 Å². The van der Waals surface area contributed by atoms with Gasteiger partial charge >= 0.3 is 0 Å². The monoisotopic (exact) mass is 441 g/mol. The smallest absolute Gasteiger partial charge is 0.269 e. The SMILES string of the molecule is CC(C)(C)c1ccc([C+]2C(Nc3ccc([N+](=O)[O-])cc3)C2c2ccc(C(C)(C)C)cc2)cc1. The predicted molar refractivity (Wildman–Crippen MR) is 136 cm³/mol. The number of nitrogens with zero attached hydrogens (tertiary/aromatic N) is 1. The van der Waals surface area contributed by atoms with Crippen LogP contribution >= 0.6 is 0 Å². The van der Waals surface area contributed by atoms with Crippen molar-refractivity contribution in [3.8, 4) is 0 Å². The van der Waals surface area contributed by atoms with Gasteiger partial charge in [-0.15, -0.1) is 0 Å². The fraction of sp³-hybridized carbons (Fsp3) is 0.345. The highest BCUT2D eigenvalue weighted by molar-refractivity contribution is 5.63. The summed E-state index contributed by atoms with van der Waals surface area (Å²) in [6.07, 6.45) is 0. The molecule has 0 bridgehead atoms. The summed E-state index contributed by atoms with van der Waals surface area (Å²) in [5, 5.41) is 14.6. The summed E-state index contributed by atoms with van der Waals surface area (Å²) in [6.45, 7) is 13.4. The third kappa shape index (κ3) is 4.90. The van der Waals surface area contributed by atoms with Gasteiger partial charge in [0.25, 0.3) is 5.69 Å². The molecule has 0 saturated heterocycles. The first-order valence-electron chi connectivity index (χ1n) is 11.5. The van der Waals surface area contributed by atoms with Crippen molar-refractivity contribution < 1.29 is 4.92 Å². The second-order valence-corrected chi connectivity index (χ2v) is 11.1. The number of hydrogen-bond donors (Lipinski definition) is 1. The standard InChI is InChI=1S/C29H33N2O2/c1-28(2,3)21-11-7-19(8-12-21)25-26(20-9-13-22(14-10-20)29(4,5)6)27(25)30-23-15-17-24(18-16-23)31(32)33/h7-18,25,27,30H,1-6H3/q+1. The van der Waals surface area contributed by atoms with Crippen LogP contribution in [0.1, 0.15) is 69.7 Å². The van der Waals surface area contributed by atoms with Gasteiger partial charge < -0.3 is 5.32 Å². The van der Waals surface area contributed by atoms with Crippen molar-refractivity contribution in [2.24, 2.45) is 0 Å². The lowest BCUT2D eigenvalue weighted by Crippen LogP contribution is -2.11. The van der Waals surface area contributed by atoms with Gasteiger partial charge in [0.1, 0.15) is 11.6 Å². The molecule has 4 heteroatoms. The van der Waals surface area contributed by atoms with Crippen LogP contribution in [0.15, 0.2) is 72.8 Å². The Bertz CT molecular complexity index is 1060. The van der Waals surface area contributed by atoms with E-state index < -0.39 is 0 Å². The van der Waals surface area contributed by atoms with Gasteiger partial charge in [-0.1, -0.05) is 65.8 Å². The topological polar surface area (TPSA) is 55.2 Å². The first-order chi connectivity index (χ1) is 15.4. The van der Waals surface area contributed by atoms with Crippen LogP contribution in [0, 0.1) is 16.0 Å². The number of rotatable bonds is 5. The molecule has 4 rings (SSSR count). The van der Waals surface area contributed by atoms with E-state index >= 15 is 0 Å². The van der Waals surface area contributed by atoms with Crippen molar-refractivity contribution in [2.45, 2.75) is 64.3 Å². The van der Waals surface area contributed by atoms with Crippen LogP contribution in [0.5, 0.6) is 0 Å². The number of benzene rings is 3. The molecule has 0 aromatic heterocycles. The molecule has 1 aliphatic rings. The first-order valence-corrected chi connectivity index (χ1v) is 11.5. The number of nitro benzene ring substituents is 1. The normalized spacial score (nSPS) is 18.2. The van der Waals surface area contributed by atoms with Gasteiger partial charge in [0, 0.05) is 42.1 Å². The van der Waals surface area contributed by atoms with E-state index in [1.165, 1.54) is 28.2 Å². The van der Waals surface area contributed by atoms with Gasteiger partial charge in [-0.25, -0.2) is 0 Å². The summed E-state index contributed by atoms with van der Waals surface area (Å²) in [6, 6.07) is 24.7. The van der Waals surface area contributed by atoms with Gasteiger partial charge in [0.2, 0.25) is 0 Å². The van der Waals surface area contributed by atoms with Crippen LogP contribution in [0.4, 0.5) is 11.4 Å². The summed E-state index contributed by atoms with van der Waals surface area (Å²) in [5.74, 6) is 1.63. The van der Waals surface area contributed by atoms with E-state index in [-0.39, 0.29) is 33.4 Å². The van der Waals surface area contributed by atoms with Crippen LogP contribution in [-0.4, -0.2) is 11.0 Å². The average molecular weight is 442 g/mol. The molecule has 3 aromatic rings. The van der Waals surface area contributed by atoms with Crippen LogP contribution in [0.3, 0.4) is 0 Å². The Hall–Kier alpha value is -3.27. The van der Waals surface area contributed by atoms with Crippen LogP contribution in [-0.2, 0) is 10.8 Å².